The summed E-state index contributed by atoms with van der Waals surface area (Å²) in [6.07, 6.45) is 0.886. The Labute approximate surface area is 148 Å². The van der Waals surface area contributed by atoms with Gasteiger partial charge in [0.05, 0.1) is 12.9 Å². The number of hydrogen-bond acceptors (Lipinski definition) is 7. The number of fused-ring (bicyclic) bond motifs is 1. The average molecular weight is 379 g/mol. The van der Waals surface area contributed by atoms with E-state index in [0.29, 0.717) is 24.3 Å². The van der Waals surface area contributed by atoms with Crippen LogP contribution in [0.3, 0.4) is 0 Å². The number of nitrogen functional groups attached to an aromatic ring is 1. The van der Waals surface area contributed by atoms with Gasteiger partial charge in [0.15, 0.2) is 11.2 Å². The lowest BCUT2D eigenvalue weighted by atomic mass is 10.2. The molecule has 2 aromatic heterocycles. The van der Waals surface area contributed by atoms with E-state index in [1.807, 2.05) is 30.3 Å². The van der Waals surface area contributed by atoms with Crippen LogP contribution in [0.2, 0.25) is 0 Å². The molecule has 0 saturated carbocycles. The molecule has 138 valence electrons. The van der Waals surface area contributed by atoms with E-state index in [9.17, 15) is 4.57 Å². The van der Waals surface area contributed by atoms with Crippen molar-refractivity contribution < 1.29 is 23.8 Å². The molecule has 0 aliphatic heterocycles. The number of ether oxygens (including phenoxy) is 2. The van der Waals surface area contributed by atoms with Crippen LogP contribution in [0.25, 0.3) is 11.2 Å². The lowest BCUT2D eigenvalue weighted by Gasteiger charge is -2.08. The molecule has 4 N–H and O–H groups in total. The van der Waals surface area contributed by atoms with Crippen LogP contribution >= 0.6 is 7.60 Å². The molecule has 3 rings (SSSR count). The maximum atomic E-state index is 10.8. The van der Waals surface area contributed by atoms with Gasteiger partial charge in [0.1, 0.15) is 13.0 Å². The quantitative estimate of drug-likeness (QED) is 0.387. The van der Waals surface area contributed by atoms with Gasteiger partial charge in [-0.15, -0.1) is 0 Å². The first-order valence-corrected chi connectivity index (χ1v) is 9.49. The number of anilines is 1. The van der Waals surface area contributed by atoms with Gasteiger partial charge in [-0.05, 0) is 5.56 Å². The second kappa shape index (κ2) is 7.79. The largest absolute Gasteiger partial charge is 0.471 e. The molecule has 1 aromatic carbocycles. The zero-order valence-electron chi connectivity index (χ0n) is 13.7. The summed E-state index contributed by atoms with van der Waals surface area (Å²) in [5.74, 6) is 0.310. The first kappa shape index (κ1) is 18.3. The number of aromatic nitrogens is 4. The molecule has 3 aromatic rings. The first-order valence-electron chi connectivity index (χ1n) is 7.70. The standard InChI is InChI=1S/C15H18N5O5P/c16-15-18-13-12(14(19-15)25-8-11-4-2-1-3-5-11)17-9-20(13)6-7-24-10-26(21,22)23/h1-5,9H,6-8,10H2,(H2,16,18,19)(H2,21,22,23). The molecule has 0 atom stereocenters. The van der Waals surface area contributed by atoms with Gasteiger partial charge in [0.25, 0.3) is 0 Å². The Bertz CT molecular complexity index is 927. The number of benzene rings is 1. The van der Waals surface area contributed by atoms with E-state index >= 15 is 0 Å². The van der Waals surface area contributed by atoms with Gasteiger partial charge in [-0.3, -0.25) is 4.57 Å². The highest BCUT2D eigenvalue weighted by Crippen LogP contribution is 2.33. The Morgan fingerprint density at radius 3 is 2.69 bits per heavy atom. The molecule has 0 saturated heterocycles. The minimum absolute atomic E-state index is 0.0402. The number of nitrogens with zero attached hydrogens (tertiary/aromatic N) is 4. The van der Waals surface area contributed by atoms with Crippen molar-refractivity contribution >= 4 is 24.7 Å². The van der Waals surface area contributed by atoms with Crippen LogP contribution in [0, 0.1) is 0 Å². The lowest BCUT2D eigenvalue weighted by Crippen LogP contribution is -2.08. The topological polar surface area (TPSA) is 146 Å². The summed E-state index contributed by atoms with van der Waals surface area (Å²) in [6, 6.07) is 9.60. The molecule has 10 nitrogen and oxygen atoms in total. The monoisotopic (exact) mass is 379 g/mol. The van der Waals surface area contributed by atoms with Crippen molar-refractivity contribution in [1.29, 1.82) is 0 Å². The fourth-order valence-corrected chi connectivity index (χ4v) is 2.64. The van der Waals surface area contributed by atoms with Gasteiger partial charge in [0, 0.05) is 6.54 Å². The molecule has 0 aliphatic carbocycles. The highest BCUT2D eigenvalue weighted by Gasteiger charge is 2.15. The fourth-order valence-electron chi connectivity index (χ4n) is 2.27. The normalized spacial score (nSPS) is 11.8. The molecule has 0 spiro atoms. The van der Waals surface area contributed by atoms with Crippen molar-refractivity contribution in [3.05, 3.63) is 42.2 Å². The summed E-state index contributed by atoms with van der Waals surface area (Å²) >= 11 is 0. The molecule has 2 heterocycles. The Hall–Kier alpha value is -2.52. The van der Waals surface area contributed by atoms with Crippen LogP contribution in [0.4, 0.5) is 5.95 Å². The van der Waals surface area contributed by atoms with Gasteiger partial charge in [-0.2, -0.15) is 9.97 Å². The van der Waals surface area contributed by atoms with Crippen molar-refractivity contribution in [3.63, 3.8) is 0 Å². The number of nitrogens with two attached hydrogens (primary N) is 1. The summed E-state index contributed by atoms with van der Waals surface area (Å²) < 4.78 is 23.1. The zero-order valence-corrected chi connectivity index (χ0v) is 14.6. The third-order valence-electron chi connectivity index (χ3n) is 3.40. The number of hydrogen-bond donors (Lipinski definition) is 3. The summed E-state index contributed by atoms with van der Waals surface area (Å²) in [4.78, 5) is 30.1. The molecular weight excluding hydrogens is 361 g/mol. The van der Waals surface area contributed by atoms with Crippen molar-refractivity contribution in [2.75, 3.05) is 18.7 Å². The minimum atomic E-state index is -4.19. The molecule has 26 heavy (non-hydrogen) atoms. The Morgan fingerprint density at radius 2 is 1.96 bits per heavy atom. The van der Waals surface area contributed by atoms with E-state index in [0.717, 1.165) is 5.56 Å². The van der Waals surface area contributed by atoms with Crippen molar-refractivity contribution in [3.8, 4) is 5.88 Å². The van der Waals surface area contributed by atoms with E-state index < -0.39 is 13.9 Å². The highest BCUT2D eigenvalue weighted by molar-refractivity contribution is 7.51. The summed E-state index contributed by atoms with van der Waals surface area (Å²) in [5.41, 5.74) is 7.64. The van der Waals surface area contributed by atoms with E-state index in [1.165, 1.54) is 6.33 Å². The van der Waals surface area contributed by atoms with Crippen molar-refractivity contribution in [2.45, 2.75) is 13.2 Å². The number of imidazole rings is 1. The Kier molecular flexibility index (Phi) is 5.48. The molecule has 0 amide bonds. The lowest BCUT2D eigenvalue weighted by molar-refractivity contribution is 0.149. The third kappa shape index (κ3) is 4.77. The molecule has 0 fully saturated rings. The number of rotatable bonds is 8. The van der Waals surface area contributed by atoms with Crippen LogP contribution in [0.5, 0.6) is 5.88 Å². The van der Waals surface area contributed by atoms with E-state index in [4.69, 9.17) is 25.0 Å². The van der Waals surface area contributed by atoms with Crippen molar-refractivity contribution in [1.82, 2.24) is 19.5 Å². The summed E-state index contributed by atoms with van der Waals surface area (Å²) in [7, 11) is -4.19. The second-order valence-corrected chi connectivity index (χ2v) is 7.06. The minimum Gasteiger partial charge on any atom is -0.471 e. The molecular formula is C15H18N5O5P. The smallest absolute Gasteiger partial charge is 0.350 e. The van der Waals surface area contributed by atoms with Crippen molar-refractivity contribution in [2.24, 2.45) is 0 Å². The SMILES string of the molecule is Nc1nc(OCc2ccccc2)c2ncn(CCOCP(=O)(O)O)c2n1. The predicted octanol–water partition coefficient (Wildman–Crippen LogP) is 1.14. The Morgan fingerprint density at radius 1 is 1.19 bits per heavy atom. The van der Waals surface area contributed by atoms with Gasteiger partial charge < -0.3 is 29.6 Å². The van der Waals surface area contributed by atoms with E-state index in [1.54, 1.807) is 4.57 Å². The van der Waals surface area contributed by atoms with Gasteiger partial charge in [-0.25, -0.2) is 4.98 Å². The average Bonchev–Trinajstić information content (AvgIpc) is 2.99. The third-order valence-corrected chi connectivity index (χ3v) is 3.92. The highest BCUT2D eigenvalue weighted by atomic mass is 31.2. The zero-order chi connectivity index (χ0) is 18.6. The second-order valence-electron chi connectivity index (χ2n) is 5.47. The van der Waals surface area contributed by atoms with Crippen LogP contribution in [0.1, 0.15) is 5.56 Å². The fraction of sp³-hybridized carbons (Fsp3) is 0.267. The molecule has 0 aliphatic rings. The van der Waals surface area contributed by atoms with Crippen LogP contribution in [-0.4, -0.2) is 42.3 Å². The molecule has 0 bridgehead atoms. The van der Waals surface area contributed by atoms with Gasteiger partial charge in [0.2, 0.25) is 11.8 Å². The van der Waals surface area contributed by atoms with Gasteiger partial charge in [-0.1, -0.05) is 30.3 Å². The van der Waals surface area contributed by atoms with Crippen LogP contribution in [-0.2, 0) is 22.5 Å². The van der Waals surface area contributed by atoms with Crippen LogP contribution < -0.4 is 10.5 Å². The van der Waals surface area contributed by atoms with Crippen LogP contribution in [0.15, 0.2) is 36.7 Å². The summed E-state index contributed by atoms with van der Waals surface area (Å²) in [5, 5.41) is 0. The Balaban J connectivity index is 1.72. The summed E-state index contributed by atoms with van der Waals surface area (Å²) in [6.45, 7) is 0.691. The first-order chi connectivity index (χ1) is 12.4. The maximum absolute atomic E-state index is 10.8. The van der Waals surface area contributed by atoms with E-state index in [2.05, 4.69) is 15.0 Å². The molecule has 11 heteroatoms. The maximum Gasteiger partial charge on any atom is 0.350 e. The molecule has 0 unspecified atom stereocenters. The van der Waals surface area contributed by atoms with E-state index in [-0.39, 0.29) is 18.4 Å². The molecule has 0 radical (unpaired) electrons. The predicted molar refractivity (Wildman–Crippen MR) is 93.4 cm³/mol. The van der Waals surface area contributed by atoms with Gasteiger partial charge >= 0.3 is 7.60 Å².